The van der Waals surface area contributed by atoms with Gasteiger partial charge in [0.25, 0.3) is 11.8 Å². The minimum Gasteiger partial charge on any atom is -0.476 e. The Hall–Kier alpha value is -4.93. The van der Waals surface area contributed by atoms with Gasteiger partial charge in [0, 0.05) is 36.4 Å². The van der Waals surface area contributed by atoms with Crippen molar-refractivity contribution in [3.05, 3.63) is 83.7 Å². The summed E-state index contributed by atoms with van der Waals surface area (Å²) < 4.78 is 38.9. The van der Waals surface area contributed by atoms with Gasteiger partial charge in [0.2, 0.25) is 5.75 Å². The molecule has 36 heavy (non-hydrogen) atoms. The number of ether oxygens (including phenoxy) is 2. The zero-order chi connectivity index (χ0) is 25.2. The second-order valence-electron chi connectivity index (χ2n) is 7.76. The van der Waals surface area contributed by atoms with Crippen LogP contribution in [-0.4, -0.2) is 35.4 Å². The Morgan fingerprint density at radius 2 is 1.89 bits per heavy atom. The van der Waals surface area contributed by atoms with E-state index in [4.69, 9.17) is 9.47 Å². The highest BCUT2D eigenvalue weighted by atomic mass is 19.1. The molecule has 0 saturated heterocycles. The molecule has 0 bridgehead atoms. The molecule has 0 saturated carbocycles. The van der Waals surface area contributed by atoms with Crippen molar-refractivity contribution in [3.63, 3.8) is 0 Å². The molecule has 0 aliphatic carbocycles. The van der Waals surface area contributed by atoms with Crippen LogP contribution in [0.25, 0.3) is 0 Å². The maximum absolute atomic E-state index is 14.8. The number of fused-ring (bicyclic) bond motifs is 1. The van der Waals surface area contributed by atoms with E-state index in [1.807, 2.05) is 0 Å². The van der Waals surface area contributed by atoms with E-state index in [2.05, 4.69) is 20.6 Å². The quantitative estimate of drug-likeness (QED) is 0.526. The minimum atomic E-state index is -0.845. The molecule has 2 aliphatic heterocycles. The molecule has 0 fully saturated rings. The Balaban J connectivity index is 1.29. The first-order valence-corrected chi connectivity index (χ1v) is 10.6. The number of benzene rings is 2. The molecular formula is C25H16F2N4O5. The number of nitrogens with zero attached hydrogens (tertiary/aromatic N) is 2. The smallest absolute Gasteiger partial charge is 0.263 e. The van der Waals surface area contributed by atoms with Gasteiger partial charge in [0.05, 0.1) is 5.92 Å². The molecule has 9 nitrogen and oxygen atoms in total. The van der Waals surface area contributed by atoms with Gasteiger partial charge >= 0.3 is 0 Å². The Morgan fingerprint density at radius 1 is 1.08 bits per heavy atom. The Morgan fingerprint density at radius 3 is 2.67 bits per heavy atom. The average Bonchev–Trinajstić information content (AvgIpc) is 2.86. The molecule has 3 aromatic rings. The van der Waals surface area contributed by atoms with E-state index in [1.165, 1.54) is 54.9 Å². The largest absolute Gasteiger partial charge is 0.476 e. The molecule has 3 heterocycles. The number of halogens is 2. The Kier molecular flexibility index (Phi) is 5.95. The van der Waals surface area contributed by atoms with Crippen LogP contribution in [0.15, 0.2) is 71.5 Å². The van der Waals surface area contributed by atoms with Crippen LogP contribution >= 0.6 is 0 Å². The number of carbonyl (C=O) groups excluding carboxylic acids is 3. The zero-order valence-corrected chi connectivity index (χ0v) is 18.3. The minimum absolute atomic E-state index is 0.0757. The van der Waals surface area contributed by atoms with Crippen LogP contribution < -0.4 is 20.1 Å². The first-order valence-electron chi connectivity index (χ1n) is 10.6. The van der Waals surface area contributed by atoms with E-state index in [1.54, 1.807) is 0 Å². The molecule has 2 N–H and O–H groups in total. The summed E-state index contributed by atoms with van der Waals surface area (Å²) in [5, 5.41) is 5.00. The molecular weight excluding hydrogens is 474 g/mol. The van der Waals surface area contributed by atoms with Crippen LogP contribution in [0.3, 0.4) is 0 Å². The topological polar surface area (TPSA) is 119 Å². The number of aromatic nitrogens is 1. The number of nitrogens with one attached hydrogen (secondary N) is 2. The van der Waals surface area contributed by atoms with Crippen LogP contribution in [0.1, 0.15) is 11.5 Å². The lowest BCUT2D eigenvalue weighted by Gasteiger charge is -2.19. The van der Waals surface area contributed by atoms with Crippen LogP contribution in [0.4, 0.5) is 20.3 Å². The normalized spacial score (nSPS) is 16.4. The Bertz CT molecular complexity index is 1450. The fourth-order valence-electron chi connectivity index (χ4n) is 3.60. The maximum atomic E-state index is 14.8. The standard InChI is InChI=1S/C25H16F2N4O5/c26-14-3-1-13(2-4-14)16-10-28-11-17(22(16)33)25(34)30-15-5-6-19(18(27)9-15)36-20-7-8-29-24-23(20)35-12-21(32)31-24/h1-11,16H,12H2,(H,30,34)(H,29,31,32). The van der Waals surface area contributed by atoms with Crippen molar-refractivity contribution in [2.45, 2.75) is 5.92 Å². The lowest BCUT2D eigenvalue weighted by atomic mass is 9.90. The molecule has 0 spiro atoms. The number of amides is 2. The molecule has 0 radical (unpaired) electrons. The molecule has 1 unspecified atom stereocenters. The van der Waals surface area contributed by atoms with Gasteiger partial charge in [-0.05, 0) is 29.8 Å². The van der Waals surface area contributed by atoms with E-state index in [-0.39, 0.29) is 46.8 Å². The van der Waals surface area contributed by atoms with E-state index < -0.39 is 29.2 Å². The first kappa shape index (κ1) is 22.8. The fraction of sp³-hybridized carbons (Fsp3) is 0.0800. The molecule has 2 aromatic carbocycles. The molecule has 1 atom stereocenters. The SMILES string of the molecule is O=C1COc2c(Oc3ccc(NC(=O)C4=CN=CC(c5ccc(F)cc5)C4=O)cc3F)ccnc2N1. The highest BCUT2D eigenvalue weighted by Crippen LogP contribution is 2.39. The lowest BCUT2D eigenvalue weighted by molar-refractivity contribution is -0.120. The van der Waals surface area contributed by atoms with Crippen molar-refractivity contribution in [1.29, 1.82) is 0 Å². The third-order valence-corrected chi connectivity index (χ3v) is 5.34. The van der Waals surface area contributed by atoms with Gasteiger partial charge in [-0.3, -0.25) is 19.4 Å². The molecule has 11 heteroatoms. The van der Waals surface area contributed by atoms with Gasteiger partial charge in [-0.15, -0.1) is 0 Å². The summed E-state index contributed by atoms with van der Waals surface area (Å²) in [6.45, 7) is -0.233. The van der Waals surface area contributed by atoms with Crippen molar-refractivity contribution >= 4 is 35.3 Å². The van der Waals surface area contributed by atoms with Crippen molar-refractivity contribution in [3.8, 4) is 17.2 Å². The van der Waals surface area contributed by atoms with Gasteiger partial charge in [0.1, 0.15) is 11.4 Å². The van der Waals surface area contributed by atoms with Crippen LogP contribution in [0.5, 0.6) is 17.2 Å². The number of carbonyl (C=O) groups is 3. The highest BCUT2D eigenvalue weighted by Gasteiger charge is 2.29. The number of pyridine rings is 1. The van der Waals surface area contributed by atoms with Crippen molar-refractivity contribution in [1.82, 2.24) is 4.98 Å². The summed E-state index contributed by atoms with van der Waals surface area (Å²) in [7, 11) is 0. The average molecular weight is 490 g/mol. The van der Waals surface area contributed by atoms with E-state index in [0.717, 1.165) is 12.3 Å². The van der Waals surface area contributed by atoms with Gasteiger partial charge in [-0.2, -0.15) is 0 Å². The monoisotopic (exact) mass is 490 g/mol. The third-order valence-electron chi connectivity index (χ3n) is 5.34. The number of rotatable bonds is 5. The second-order valence-corrected chi connectivity index (χ2v) is 7.76. The van der Waals surface area contributed by atoms with Gasteiger partial charge in [-0.25, -0.2) is 13.8 Å². The fourth-order valence-corrected chi connectivity index (χ4v) is 3.60. The highest BCUT2D eigenvalue weighted by molar-refractivity contribution is 6.29. The zero-order valence-electron chi connectivity index (χ0n) is 18.3. The van der Waals surface area contributed by atoms with Crippen molar-refractivity contribution in [2.24, 2.45) is 4.99 Å². The maximum Gasteiger partial charge on any atom is 0.263 e. The van der Waals surface area contributed by atoms with E-state index >= 15 is 0 Å². The number of hydrogen-bond donors (Lipinski definition) is 2. The number of ketones is 1. The number of hydrogen-bond acceptors (Lipinski definition) is 7. The summed E-state index contributed by atoms with van der Waals surface area (Å²) in [6, 6.07) is 10.5. The predicted octanol–water partition coefficient (Wildman–Crippen LogP) is 3.74. The number of aliphatic imine (C=N–C) groups is 1. The third kappa shape index (κ3) is 4.53. The lowest BCUT2D eigenvalue weighted by Crippen LogP contribution is -2.27. The van der Waals surface area contributed by atoms with Gasteiger partial charge in [0.15, 0.2) is 35.5 Å². The Labute approximate surface area is 202 Å². The van der Waals surface area contributed by atoms with Crippen molar-refractivity contribution in [2.75, 3.05) is 17.2 Å². The second kappa shape index (κ2) is 9.37. The summed E-state index contributed by atoms with van der Waals surface area (Å²) in [6.07, 6.45) is 3.86. The molecule has 2 amide bonds. The van der Waals surface area contributed by atoms with Crippen LogP contribution in [0, 0.1) is 11.6 Å². The molecule has 1 aromatic heterocycles. The summed E-state index contributed by atoms with van der Waals surface area (Å²) in [5.74, 6) is -3.49. The van der Waals surface area contributed by atoms with Crippen LogP contribution in [0.2, 0.25) is 0 Å². The van der Waals surface area contributed by atoms with Gasteiger partial charge in [-0.1, -0.05) is 12.1 Å². The number of anilines is 2. The number of Topliss-reactive ketones (excluding diaryl/α,β-unsaturated/α-hetero) is 1. The molecule has 5 rings (SSSR count). The summed E-state index contributed by atoms with van der Waals surface area (Å²) >= 11 is 0. The molecule has 2 aliphatic rings. The van der Waals surface area contributed by atoms with E-state index in [0.29, 0.717) is 5.56 Å². The van der Waals surface area contributed by atoms with Gasteiger partial charge < -0.3 is 20.1 Å². The van der Waals surface area contributed by atoms with Crippen LogP contribution in [-0.2, 0) is 14.4 Å². The van der Waals surface area contributed by atoms with E-state index in [9.17, 15) is 23.2 Å². The molecule has 180 valence electrons. The predicted molar refractivity (Wildman–Crippen MR) is 124 cm³/mol. The first-order chi connectivity index (χ1) is 17.4. The summed E-state index contributed by atoms with van der Waals surface area (Å²) in [4.78, 5) is 45.0. The van der Waals surface area contributed by atoms with Crippen molar-refractivity contribution < 1.29 is 32.6 Å². The summed E-state index contributed by atoms with van der Waals surface area (Å²) in [5.41, 5.74) is 0.333.